The van der Waals surface area contributed by atoms with Gasteiger partial charge in [-0.1, -0.05) is 146 Å². The first-order valence-electron chi connectivity index (χ1n) is 12.2. The van der Waals surface area contributed by atoms with Gasteiger partial charge in [0.2, 0.25) is 0 Å². The molecule has 6 rings (SSSR count). The van der Waals surface area contributed by atoms with Crippen LogP contribution < -0.4 is 0 Å². The third-order valence-electron chi connectivity index (χ3n) is 6.48. The van der Waals surface area contributed by atoms with Gasteiger partial charge < -0.3 is 0 Å². The van der Waals surface area contributed by atoms with Gasteiger partial charge in [0.15, 0.2) is 0 Å². The monoisotopic (exact) mass is 456 g/mol. The normalized spacial score (nSPS) is 10.8. The third-order valence-corrected chi connectivity index (χ3v) is 6.48. The molecule has 168 valence electrons. The predicted octanol–water partition coefficient (Wildman–Crippen LogP) is 9.62. The van der Waals surface area contributed by atoms with Gasteiger partial charge >= 0.3 is 0 Å². The summed E-state index contributed by atoms with van der Waals surface area (Å²) in [6.07, 6.45) is 0. The summed E-state index contributed by atoms with van der Waals surface area (Å²) in [5.74, 6) is 0. The van der Waals surface area contributed by atoms with Crippen molar-refractivity contribution in [3.05, 3.63) is 158 Å². The minimum atomic E-state index is 1.03. The van der Waals surface area contributed by atoms with Crippen LogP contribution in [0.2, 0.25) is 0 Å². The molecule has 0 aliphatic rings. The Morgan fingerprint density at radius 2 is 0.750 bits per heavy atom. The molecule has 6 aromatic carbocycles. The average Bonchev–Trinajstić information content (AvgIpc) is 2.98. The zero-order valence-corrected chi connectivity index (χ0v) is 19.9. The van der Waals surface area contributed by atoms with Crippen LogP contribution in [0.5, 0.6) is 0 Å². The number of hydrogen-bond donors (Lipinski definition) is 0. The van der Waals surface area contributed by atoms with E-state index in [4.69, 9.17) is 0 Å². The van der Waals surface area contributed by atoms with Crippen molar-refractivity contribution in [1.82, 2.24) is 0 Å². The van der Waals surface area contributed by atoms with Gasteiger partial charge in [0.25, 0.3) is 0 Å². The van der Waals surface area contributed by atoms with Gasteiger partial charge in [-0.05, 0) is 67.8 Å². The maximum absolute atomic E-state index is 3.89. The topological polar surface area (TPSA) is 0 Å². The molecule has 2 radical (unpaired) electrons. The first kappa shape index (κ1) is 21.8. The Bertz CT molecular complexity index is 1470. The standard InChI is InChI=1S/C36H24/c1-6-16-27(17-7-1)32-26-33(28-18-8-2-9-19-28)35(30-22-12-4-13-23-30)36(31-24-14-5-15-25-31)34(32)29-20-10-3-11-21-29/h1-18,20-25H. The molecule has 0 bridgehead atoms. The fraction of sp³-hybridized carbons (Fsp3) is 0. The third kappa shape index (κ3) is 4.15. The summed E-state index contributed by atoms with van der Waals surface area (Å²) in [6, 6.07) is 58.3. The van der Waals surface area contributed by atoms with Crippen molar-refractivity contribution < 1.29 is 0 Å². The van der Waals surface area contributed by atoms with Crippen LogP contribution in [0.3, 0.4) is 0 Å². The van der Waals surface area contributed by atoms with Crippen LogP contribution in [-0.4, -0.2) is 0 Å². The highest BCUT2D eigenvalue weighted by Crippen LogP contribution is 2.49. The Hall–Kier alpha value is -4.68. The smallest absolute Gasteiger partial charge is 0.0000710 e. The van der Waals surface area contributed by atoms with E-state index < -0.39 is 0 Å². The lowest BCUT2D eigenvalue weighted by molar-refractivity contribution is 1.52. The number of benzene rings is 6. The summed E-state index contributed by atoms with van der Waals surface area (Å²) in [6.45, 7) is 0. The van der Waals surface area contributed by atoms with Gasteiger partial charge in [-0.15, -0.1) is 0 Å². The van der Waals surface area contributed by atoms with Gasteiger partial charge in [-0.2, -0.15) is 0 Å². The van der Waals surface area contributed by atoms with E-state index in [2.05, 4.69) is 146 Å². The molecule has 0 heteroatoms. The molecule has 0 N–H and O–H groups in total. The minimum Gasteiger partial charge on any atom is -0.0622 e. The van der Waals surface area contributed by atoms with Crippen LogP contribution in [0.4, 0.5) is 0 Å². The molecule has 0 fully saturated rings. The van der Waals surface area contributed by atoms with Crippen LogP contribution in [0.15, 0.2) is 146 Å². The minimum absolute atomic E-state index is 1.03. The summed E-state index contributed by atoms with van der Waals surface area (Å²) in [7, 11) is 0. The van der Waals surface area contributed by atoms with Crippen LogP contribution in [-0.2, 0) is 0 Å². The maximum Gasteiger partial charge on any atom is -0.0000710 e. The molecule has 0 heterocycles. The Kier molecular flexibility index (Phi) is 6.00. The summed E-state index contributed by atoms with van der Waals surface area (Å²) in [4.78, 5) is 0. The molecular formula is C36H24. The van der Waals surface area contributed by atoms with Crippen molar-refractivity contribution >= 4 is 0 Å². The Balaban J connectivity index is 1.84. The van der Waals surface area contributed by atoms with Crippen LogP contribution in [0, 0.1) is 12.1 Å². The lowest BCUT2D eigenvalue weighted by Gasteiger charge is -2.24. The Morgan fingerprint density at radius 3 is 1.22 bits per heavy atom. The molecule has 0 unspecified atom stereocenters. The summed E-state index contributed by atoms with van der Waals surface area (Å²) >= 11 is 0. The van der Waals surface area contributed by atoms with Crippen molar-refractivity contribution in [2.75, 3.05) is 0 Å². The molecule has 0 amide bonds. The van der Waals surface area contributed by atoms with Crippen LogP contribution in [0.25, 0.3) is 55.6 Å². The van der Waals surface area contributed by atoms with E-state index in [9.17, 15) is 0 Å². The lowest BCUT2D eigenvalue weighted by Crippen LogP contribution is -1.98. The van der Waals surface area contributed by atoms with Crippen LogP contribution >= 0.6 is 0 Å². The van der Waals surface area contributed by atoms with Gasteiger partial charge in [-0.25, -0.2) is 0 Å². The van der Waals surface area contributed by atoms with E-state index >= 15 is 0 Å². The van der Waals surface area contributed by atoms with Gasteiger partial charge in [-0.3, -0.25) is 0 Å². The summed E-state index contributed by atoms with van der Waals surface area (Å²) < 4.78 is 0. The van der Waals surface area contributed by atoms with Crippen molar-refractivity contribution in [2.24, 2.45) is 0 Å². The van der Waals surface area contributed by atoms with Gasteiger partial charge in [0.05, 0.1) is 0 Å². The van der Waals surface area contributed by atoms with Crippen molar-refractivity contribution in [1.29, 1.82) is 0 Å². The SMILES string of the molecule is [c]1ccccc1-c1[c]c(-c2ccccc2)c(-c2ccccc2)c(-c2ccccc2)c1-c1ccccc1. The number of rotatable bonds is 5. The van der Waals surface area contributed by atoms with Crippen molar-refractivity contribution in [3.63, 3.8) is 0 Å². The molecule has 0 nitrogen and oxygen atoms in total. The quantitative estimate of drug-likeness (QED) is 0.242. The second-order valence-corrected chi connectivity index (χ2v) is 8.74. The molecule has 36 heavy (non-hydrogen) atoms. The molecule has 0 atom stereocenters. The van der Waals surface area contributed by atoms with Crippen molar-refractivity contribution in [3.8, 4) is 55.6 Å². The fourth-order valence-electron chi connectivity index (χ4n) is 4.88. The molecule has 6 aromatic rings. The second kappa shape index (κ2) is 9.90. The summed E-state index contributed by atoms with van der Waals surface area (Å²) in [5.41, 5.74) is 11.4. The second-order valence-electron chi connectivity index (χ2n) is 8.74. The zero-order chi connectivity index (χ0) is 24.2. The van der Waals surface area contributed by atoms with E-state index in [0.717, 1.165) is 27.8 Å². The van der Waals surface area contributed by atoms with Crippen molar-refractivity contribution in [2.45, 2.75) is 0 Å². The molecule has 0 aliphatic heterocycles. The van der Waals surface area contributed by atoms with E-state index in [1.165, 1.54) is 27.8 Å². The van der Waals surface area contributed by atoms with E-state index in [-0.39, 0.29) is 0 Å². The van der Waals surface area contributed by atoms with Crippen LogP contribution in [0.1, 0.15) is 0 Å². The van der Waals surface area contributed by atoms with Gasteiger partial charge in [0, 0.05) is 0 Å². The highest BCUT2D eigenvalue weighted by Gasteiger charge is 2.23. The largest absolute Gasteiger partial charge is 0.0622 e. The fourth-order valence-corrected chi connectivity index (χ4v) is 4.88. The van der Waals surface area contributed by atoms with E-state index in [1.54, 1.807) is 0 Å². The lowest BCUT2D eigenvalue weighted by atomic mass is 9.79. The average molecular weight is 457 g/mol. The zero-order valence-electron chi connectivity index (χ0n) is 19.9. The molecule has 0 aliphatic carbocycles. The molecule has 0 aromatic heterocycles. The molecule has 0 saturated heterocycles. The maximum atomic E-state index is 3.89. The molecule has 0 spiro atoms. The van der Waals surface area contributed by atoms with Gasteiger partial charge in [0.1, 0.15) is 0 Å². The molecule has 0 saturated carbocycles. The summed E-state index contributed by atoms with van der Waals surface area (Å²) in [5, 5.41) is 0. The van der Waals surface area contributed by atoms with E-state index in [0.29, 0.717) is 0 Å². The highest BCUT2D eigenvalue weighted by molar-refractivity contribution is 6.06. The first-order chi connectivity index (χ1) is 17.9. The number of hydrogen-bond acceptors (Lipinski definition) is 0. The predicted molar refractivity (Wildman–Crippen MR) is 151 cm³/mol. The Morgan fingerprint density at radius 1 is 0.333 bits per heavy atom. The first-order valence-corrected chi connectivity index (χ1v) is 12.2. The molecular weight excluding hydrogens is 432 g/mol. The highest BCUT2D eigenvalue weighted by atomic mass is 14.3. The van der Waals surface area contributed by atoms with E-state index in [1.807, 2.05) is 12.1 Å². The Labute approximate surface area is 213 Å².